The van der Waals surface area contributed by atoms with Crippen molar-refractivity contribution in [2.75, 3.05) is 26.3 Å². The molecule has 2 saturated heterocycles. The highest BCUT2D eigenvalue weighted by molar-refractivity contribution is 6.03. The van der Waals surface area contributed by atoms with Crippen molar-refractivity contribution in [3.8, 4) is 0 Å². The normalized spacial score (nSPS) is 27.0. The Kier molecular flexibility index (Phi) is 30.5. The zero-order valence-electron chi connectivity index (χ0n) is 50.6. The summed E-state index contributed by atoms with van der Waals surface area (Å²) in [5.74, 6) is -10.5. The number of fused-ring (bicyclic) bond motifs is 1. The van der Waals surface area contributed by atoms with Gasteiger partial charge in [0.25, 0.3) is 5.91 Å². The Balaban J connectivity index is 2.20. The van der Waals surface area contributed by atoms with E-state index in [1.54, 1.807) is 44.2 Å². The van der Waals surface area contributed by atoms with Gasteiger partial charge in [-0.2, -0.15) is 0 Å². The zero-order valence-corrected chi connectivity index (χ0v) is 50.6. The number of aliphatic hydroxyl groups excluding tert-OH is 3. The first kappa shape index (κ1) is 71.3. The van der Waals surface area contributed by atoms with Gasteiger partial charge in [0.2, 0.25) is 59.1 Å². The maximum atomic E-state index is 14.6. The Hall–Kier alpha value is -6.99. The maximum Gasteiger partial charge on any atom is 0.270 e. The molecule has 1 aromatic rings. The fraction of sp³-hybridized carbons (Fsp3) is 0.678. The van der Waals surface area contributed by atoms with Gasteiger partial charge in [-0.05, 0) is 68.3 Å². The fourth-order valence-corrected chi connectivity index (χ4v) is 9.82. The number of hydrogen-bond donors (Lipinski definition) is 13. The Morgan fingerprint density at radius 3 is 1.55 bits per heavy atom. The van der Waals surface area contributed by atoms with Gasteiger partial charge in [0.1, 0.15) is 60.1 Å². The van der Waals surface area contributed by atoms with Gasteiger partial charge in [0.05, 0.1) is 12.6 Å². The predicted molar refractivity (Wildman–Crippen MR) is 312 cm³/mol. The first-order chi connectivity index (χ1) is 39.8. The molecule has 470 valence electrons. The second kappa shape index (κ2) is 36.0. The van der Waals surface area contributed by atoms with E-state index in [9.17, 15) is 68.1 Å². The Morgan fingerprint density at radius 1 is 0.548 bits per heavy atom. The fourth-order valence-electron chi connectivity index (χ4n) is 9.82. The van der Waals surface area contributed by atoms with Crippen LogP contribution in [0.15, 0.2) is 42.1 Å². The number of carbonyl (C=O) groups excluding carboxylic acids is 11. The van der Waals surface area contributed by atoms with Crippen molar-refractivity contribution in [2.24, 2.45) is 23.7 Å². The van der Waals surface area contributed by atoms with Crippen molar-refractivity contribution in [1.29, 1.82) is 0 Å². The molecule has 2 aliphatic rings. The van der Waals surface area contributed by atoms with Crippen LogP contribution in [0.3, 0.4) is 0 Å². The summed E-state index contributed by atoms with van der Waals surface area (Å²) in [6.07, 6.45) is 1.78. The highest BCUT2D eigenvalue weighted by atomic mass is 16.3. The number of aliphatic hydroxyl groups is 3. The molecular formula is C59H95N11O14. The average molecular weight is 1180 g/mol. The average Bonchev–Trinajstić information content (AvgIpc) is 4.02. The second-order valence-electron chi connectivity index (χ2n) is 22.9. The van der Waals surface area contributed by atoms with Gasteiger partial charge >= 0.3 is 0 Å². The van der Waals surface area contributed by atoms with Crippen molar-refractivity contribution < 1.29 is 68.1 Å². The topological polar surface area (TPSA) is 372 Å². The molecule has 3 rings (SSSR count). The molecule has 12 atom stereocenters. The van der Waals surface area contributed by atoms with Gasteiger partial charge in [-0.1, -0.05) is 131 Å². The van der Waals surface area contributed by atoms with E-state index in [1.807, 2.05) is 48.5 Å². The molecule has 0 spiro atoms. The Labute approximate surface area is 493 Å². The van der Waals surface area contributed by atoms with Gasteiger partial charge in [-0.3, -0.25) is 52.7 Å². The van der Waals surface area contributed by atoms with Crippen LogP contribution in [0.25, 0.3) is 0 Å². The molecule has 25 nitrogen and oxygen atoms in total. The minimum atomic E-state index is -1.52. The van der Waals surface area contributed by atoms with Gasteiger partial charge in [0, 0.05) is 32.6 Å². The molecular weight excluding hydrogens is 1090 g/mol. The van der Waals surface area contributed by atoms with E-state index in [-0.39, 0.29) is 62.5 Å². The lowest BCUT2D eigenvalue weighted by molar-refractivity contribution is -0.139. The molecule has 2 fully saturated rings. The van der Waals surface area contributed by atoms with Crippen molar-refractivity contribution in [3.05, 3.63) is 47.7 Å². The minimum absolute atomic E-state index is 0.0688. The molecule has 1 aromatic carbocycles. The van der Waals surface area contributed by atoms with E-state index >= 15 is 0 Å². The molecule has 2 aliphatic heterocycles. The number of nitrogens with one attached hydrogen (secondary N) is 10. The molecule has 25 heteroatoms. The lowest BCUT2D eigenvalue weighted by atomic mass is 9.93. The number of unbranched alkanes of at least 4 members (excludes halogenated alkanes) is 2. The summed E-state index contributed by atoms with van der Waals surface area (Å²) in [4.78, 5) is 157. The summed E-state index contributed by atoms with van der Waals surface area (Å²) in [7, 11) is 0. The summed E-state index contributed by atoms with van der Waals surface area (Å²) in [5, 5.41) is 57.6. The molecule has 2 heterocycles. The van der Waals surface area contributed by atoms with Crippen LogP contribution in [0.2, 0.25) is 0 Å². The minimum Gasteiger partial charge on any atom is -0.396 e. The Morgan fingerprint density at radius 2 is 1.01 bits per heavy atom. The van der Waals surface area contributed by atoms with E-state index in [4.69, 9.17) is 0 Å². The van der Waals surface area contributed by atoms with Crippen molar-refractivity contribution in [1.82, 2.24) is 58.1 Å². The SMILES string of the molecule is C/C=C1\NC(=O)[C@H](CCO)NC(=O)[C@@H](CCCCC)NC(=O)CNC(=O)[C@H](CC(C)C)NC(=O)[C@@H]([C@@H](C)CC)NC(=O)[C@H]([C@@H](C)CC)NC(=O)[C@@H](CC(C)C)NC(=O)[C@@H](Cc2ccccc2)NC(=O)[C@H](CCO)NC(=O)[C@@H]2C[C@@H](O)CN2C1=O. The monoisotopic (exact) mass is 1180 g/mol. The molecule has 0 aliphatic carbocycles. The van der Waals surface area contributed by atoms with Crippen LogP contribution in [0.4, 0.5) is 0 Å². The zero-order chi connectivity index (χ0) is 62.8. The van der Waals surface area contributed by atoms with Crippen molar-refractivity contribution in [3.63, 3.8) is 0 Å². The smallest absolute Gasteiger partial charge is 0.270 e. The number of carbonyl (C=O) groups is 11. The molecule has 0 radical (unpaired) electrons. The van der Waals surface area contributed by atoms with E-state index in [0.29, 0.717) is 31.2 Å². The third-order valence-electron chi connectivity index (χ3n) is 15.1. The van der Waals surface area contributed by atoms with E-state index < -0.39 is 164 Å². The van der Waals surface area contributed by atoms with Gasteiger partial charge in [-0.25, -0.2) is 0 Å². The number of benzene rings is 1. The van der Waals surface area contributed by atoms with Crippen molar-refractivity contribution >= 4 is 65.0 Å². The van der Waals surface area contributed by atoms with E-state index in [2.05, 4.69) is 53.2 Å². The highest BCUT2D eigenvalue weighted by Gasteiger charge is 2.43. The summed E-state index contributed by atoms with van der Waals surface area (Å²) in [6, 6.07) is -3.43. The van der Waals surface area contributed by atoms with Crippen LogP contribution >= 0.6 is 0 Å². The van der Waals surface area contributed by atoms with Crippen LogP contribution in [0.1, 0.15) is 145 Å². The van der Waals surface area contributed by atoms with Crippen LogP contribution in [0.5, 0.6) is 0 Å². The number of amides is 11. The number of allylic oxidation sites excluding steroid dienone is 1. The van der Waals surface area contributed by atoms with Gasteiger partial charge in [-0.15, -0.1) is 0 Å². The molecule has 13 N–H and O–H groups in total. The van der Waals surface area contributed by atoms with Crippen molar-refractivity contribution in [2.45, 2.75) is 207 Å². The quantitative estimate of drug-likeness (QED) is 0.0666. The van der Waals surface area contributed by atoms with Crippen LogP contribution < -0.4 is 53.2 Å². The third kappa shape index (κ3) is 22.5. The number of nitrogens with zero attached hydrogens (tertiary/aromatic N) is 1. The highest BCUT2D eigenvalue weighted by Crippen LogP contribution is 2.22. The van der Waals surface area contributed by atoms with Gasteiger partial charge < -0.3 is 73.4 Å². The summed E-state index contributed by atoms with van der Waals surface area (Å²) in [5.41, 5.74) is 0.220. The molecule has 0 aromatic heterocycles. The van der Waals surface area contributed by atoms with Crippen LogP contribution in [-0.2, 0) is 59.2 Å². The first-order valence-corrected chi connectivity index (χ1v) is 29.7. The van der Waals surface area contributed by atoms with Crippen LogP contribution in [0, 0.1) is 23.7 Å². The summed E-state index contributed by atoms with van der Waals surface area (Å²) in [6.45, 7) is 15.4. The summed E-state index contributed by atoms with van der Waals surface area (Å²) < 4.78 is 0. The first-order valence-electron chi connectivity index (χ1n) is 29.7. The maximum absolute atomic E-state index is 14.6. The molecule has 0 unspecified atom stereocenters. The molecule has 0 saturated carbocycles. The third-order valence-corrected chi connectivity index (χ3v) is 15.1. The molecule has 11 amide bonds. The largest absolute Gasteiger partial charge is 0.396 e. The Bertz CT molecular complexity index is 2420. The predicted octanol–water partition coefficient (Wildman–Crippen LogP) is -0.251. The lowest BCUT2D eigenvalue weighted by Gasteiger charge is -2.31. The molecule has 0 bridgehead atoms. The molecule has 84 heavy (non-hydrogen) atoms. The summed E-state index contributed by atoms with van der Waals surface area (Å²) >= 11 is 0. The van der Waals surface area contributed by atoms with Crippen LogP contribution in [-0.4, -0.2) is 172 Å². The van der Waals surface area contributed by atoms with Gasteiger partial charge in [0.15, 0.2) is 0 Å². The van der Waals surface area contributed by atoms with E-state index in [1.165, 1.54) is 13.0 Å². The van der Waals surface area contributed by atoms with E-state index in [0.717, 1.165) is 11.3 Å². The number of hydrogen-bond acceptors (Lipinski definition) is 14. The number of rotatable bonds is 18. The lowest BCUT2D eigenvalue weighted by Crippen LogP contribution is -2.62. The second-order valence-corrected chi connectivity index (χ2v) is 22.9. The standard InChI is InChI=1S/C59H95N11O14/c1-11-15-17-22-40-51(76)63-41(23-25-71)52(77)62-39(14-4)59(84)70-32-38(73)30-46(70)56(81)64-42(24-26-72)53(78)66-45(29-37-20-18-16-19-21-37)54(79)65-44(28-34(7)8)55(80)68-49(36(10)13-3)58(83)69-48(35(9)12-2)57(82)67-43(27-33(5)6)50(75)60-31-47(74)61-40/h14,16,18-21,33-36,38,40-46,48-49,71-73H,11-13,15,17,22-32H2,1-10H3,(H,60,75)(H,61,74)(H,62,77)(H,63,76)(H,64,81)(H,65,79)(H,66,78)(H,67,82)(H,68,80)(H,69,83)/b39-14-/t35-,36-,38+,40+,41-,42-,43-,44+,45+,46-,48+,49-/m0/s1.